The molecule has 168 valence electrons. The van der Waals surface area contributed by atoms with Gasteiger partial charge in [0, 0.05) is 17.5 Å². The molecule has 0 spiro atoms. The van der Waals surface area contributed by atoms with E-state index in [1.165, 1.54) is 11.3 Å². The second-order valence-electron chi connectivity index (χ2n) is 6.56. The zero-order chi connectivity index (χ0) is 22.9. The van der Waals surface area contributed by atoms with E-state index in [-0.39, 0.29) is 0 Å². The summed E-state index contributed by atoms with van der Waals surface area (Å²) >= 11 is 1.52. The van der Waals surface area contributed by atoms with E-state index < -0.39 is 0 Å². The van der Waals surface area contributed by atoms with Crippen molar-refractivity contribution in [2.75, 3.05) is 27.9 Å². The Morgan fingerprint density at radius 2 is 1.72 bits per heavy atom. The molecule has 1 aromatic heterocycles. The summed E-state index contributed by atoms with van der Waals surface area (Å²) in [7, 11) is 4.73. The van der Waals surface area contributed by atoms with Gasteiger partial charge in [-0.25, -0.2) is 0 Å². The molecule has 7 nitrogen and oxygen atoms in total. The highest BCUT2D eigenvalue weighted by Gasteiger charge is 2.12. The number of hydrogen-bond donors (Lipinski definition) is 0. The molecule has 0 N–H and O–H groups in total. The minimum Gasteiger partial charge on any atom is -0.494 e. The van der Waals surface area contributed by atoms with Crippen molar-refractivity contribution in [2.24, 2.45) is 10.2 Å². The average Bonchev–Trinajstić information content (AvgIpc) is 3.21. The molecule has 0 amide bonds. The third-order valence-corrected chi connectivity index (χ3v) is 5.46. The summed E-state index contributed by atoms with van der Waals surface area (Å²) < 4.78 is 23.7. The van der Waals surface area contributed by atoms with Crippen molar-refractivity contribution in [2.45, 2.75) is 13.5 Å². The maximum Gasteiger partial charge on any atom is 0.211 e. The molecule has 0 aliphatic heterocycles. The van der Waals surface area contributed by atoms with Crippen molar-refractivity contribution in [1.29, 1.82) is 0 Å². The zero-order valence-electron chi connectivity index (χ0n) is 18.7. The average molecular weight is 454 g/mol. The number of aromatic nitrogens is 1. The number of rotatable bonds is 10. The highest BCUT2D eigenvalue weighted by atomic mass is 32.1. The van der Waals surface area contributed by atoms with Crippen LogP contribution in [0.3, 0.4) is 0 Å². The van der Waals surface area contributed by atoms with E-state index in [1.54, 1.807) is 27.5 Å². The predicted octanol–water partition coefficient (Wildman–Crippen LogP) is 4.76. The lowest BCUT2D eigenvalue weighted by atomic mass is 10.1. The summed E-state index contributed by atoms with van der Waals surface area (Å²) in [5.74, 6) is 2.50. The largest absolute Gasteiger partial charge is 0.494 e. The number of hydrogen-bond acceptors (Lipinski definition) is 7. The minimum atomic E-state index is 0.533. The quantitative estimate of drug-likeness (QED) is 0.252. The topological polar surface area (TPSA) is 66.6 Å². The SMILES string of the molecule is C=CCn1c(-c2ccc(OCC)cc2)cs/c1=N\N=C/c1cc(OC)c(OC)c(OC)c1. The van der Waals surface area contributed by atoms with Crippen LogP contribution in [-0.4, -0.2) is 38.7 Å². The molecule has 0 unspecified atom stereocenters. The van der Waals surface area contributed by atoms with Gasteiger partial charge in [0.1, 0.15) is 5.75 Å². The summed E-state index contributed by atoms with van der Waals surface area (Å²) in [4.78, 5) is 0.762. The Morgan fingerprint density at radius 3 is 2.28 bits per heavy atom. The van der Waals surface area contributed by atoms with E-state index in [0.717, 1.165) is 27.4 Å². The summed E-state index contributed by atoms with van der Waals surface area (Å²) in [6.07, 6.45) is 3.49. The van der Waals surface area contributed by atoms with Crippen LogP contribution in [-0.2, 0) is 6.54 Å². The van der Waals surface area contributed by atoms with Crippen LogP contribution in [0.5, 0.6) is 23.0 Å². The summed E-state index contributed by atoms with van der Waals surface area (Å²) in [5, 5.41) is 10.8. The molecule has 2 aromatic carbocycles. The Morgan fingerprint density at radius 1 is 1.03 bits per heavy atom. The van der Waals surface area contributed by atoms with Crippen LogP contribution in [0, 0.1) is 0 Å². The molecular formula is C24H27N3O4S. The fraction of sp³-hybridized carbons (Fsp3) is 0.250. The van der Waals surface area contributed by atoms with Crippen LogP contribution in [0.25, 0.3) is 11.3 Å². The number of nitrogens with zero attached hydrogens (tertiary/aromatic N) is 3. The van der Waals surface area contributed by atoms with Gasteiger partial charge in [-0.05, 0) is 48.9 Å². The summed E-state index contributed by atoms with van der Waals surface area (Å²) in [5.41, 5.74) is 2.89. The van der Waals surface area contributed by atoms with Crippen LogP contribution >= 0.6 is 11.3 Å². The maximum atomic E-state index is 5.54. The van der Waals surface area contributed by atoms with Crippen molar-refractivity contribution in [1.82, 2.24) is 4.57 Å². The van der Waals surface area contributed by atoms with E-state index in [4.69, 9.17) is 18.9 Å². The van der Waals surface area contributed by atoms with Crippen LogP contribution in [0.15, 0.2) is 64.6 Å². The van der Waals surface area contributed by atoms with Crippen molar-refractivity contribution in [3.8, 4) is 34.3 Å². The fourth-order valence-electron chi connectivity index (χ4n) is 3.16. The third-order valence-electron chi connectivity index (χ3n) is 4.61. The van der Waals surface area contributed by atoms with Gasteiger partial charge in [-0.2, -0.15) is 5.10 Å². The Kier molecular flexibility index (Phi) is 8.10. The van der Waals surface area contributed by atoms with Crippen LogP contribution in [0.1, 0.15) is 12.5 Å². The molecule has 32 heavy (non-hydrogen) atoms. The normalized spacial score (nSPS) is 11.6. The smallest absolute Gasteiger partial charge is 0.211 e. The van der Waals surface area contributed by atoms with Gasteiger partial charge in [0.15, 0.2) is 11.5 Å². The van der Waals surface area contributed by atoms with Crippen LogP contribution < -0.4 is 23.7 Å². The molecule has 0 saturated carbocycles. The van der Waals surface area contributed by atoms with Crippen molar-refractivity contribution in [3.05, 3.63) is 64.8 Å². The summed E-state index contributed by atoms with van der Waals surface area (Å²) in [6.45, 7) is 7.10. The van der Waals surface area contributed by atoms with E-state index in [2.05, 4.69) is 26.7 Å². The van der Waals surface area contributed by atoms with E-state index in [1.807, 2.05) is 49.4 Å². The van der Waals surface area contributed by atoms with E-state index >= 15 is 0 Å². The first kappa shape index (κ1) is 23.1. The van der Waals surface area contributed by atoms with Gasteiger partial charge in [0.05, 0.1) is 39.8 Å². The second kappa shape index (κ2) is 11.2. The fourth-order valence-corrected chi connectivity index (χ4v) is 4.03. The molecule has 0 bridgehead atoms. The first-order chi connectivity index (χ1) is 15.6. The van der Waals surface area contributed by atoms with Gasteiger partial charge in [0.2, 0.25) is 10.6 Å². The summed E-state index contributed by atoms with van der Waals surface area (Å²) in [6, 6.07) is 11.6. The molecule has 0 atom stereocenters. The predicted molar refractivity (Wildman–Crippen MR) is 128 cm³/mol. The van der Waals surface area contributed by atoms with Crippen LogP contribution in [0.2, 0.25) is 0 Å². The van der Waals surface area contributed by atoms with E-state index in [9.17, 15) is 0 Å². The number of allylic oxidation sites excluding steroid dienone is 1. The lowest BCUT2D eigenvalue weighted by molar-refractivity contribution is 0.324. The number of thiazole rings is 1. The molecule has 0 radical (unpaired) electrons. The van der Waals surface area contributed by atoms with E-state index in [0.29, 0.717) is 30.4 Å². The first-order valence-corrected chi connectivity index (χ1v) is 10.9. The van der Waals surface area contributed by atoms with Gasteiger partial charge in [-0.15, -0.1) is 23.0 Å². The lowest BCUT2D eigenvalue weighted by Gasteiger charge is -2.12. The van der Waals surface area contributed by atoms with Gasteiger partial charge in [0.25, 0.3) is 0 Å². The molecule has 1 heterocycles. The molecule has 0 fully saturated rings. The number of ether oxygens (including phenoxy) is 4. The molecule has 0 aliphatic carbocycles. The van der Waals surface area contributed by atoms with Crippen LogP contribution in [0.4, 0.5) is 0 Å². The first-order valence-electron chi connectivity index (χ1n) is 10.0. The third kappa shape index (κ3) is 5.20. The van der Waals surface area contributed by atoms with Crippen molar-refractivity contribution in [3.63, 3.8) is 0 Å². The Bertz CT molecular complexity index is 1120. The van der Waals surface area contributed by atoms with Crippen molar-refractivity contribution >= 4 is 17.6 Å². The molecular weight excluding hydrogens is 426 g/mol. The Hall–Kier alpha value is -3.52. The Labute approximate surface area is 191 Å². The highest BCUT2D eigenvalue weighted by Crippen LogP contribution is 2.37. The number of benzene rings is 2. The zero-order valence-corrected chi connectivity index (χ0v) is 19.5. The standard InChI is InChI=1S/C24H27N3O4S/c1-6-12-27-20(18-8-10-19(11-9-18)31-7-2)16-32-24(27)26-25-15-17-13-21(28-3)23(30-5)22(14-17)29-4/h6,8-11,13-16H,1,7,12H2,2-5H3/b25-15-,26-24-. The highest BCUT2D eigenvalue weighted by molar-refractivity contribution is 7.07. The van der Waals surface area contributed by atoms with Gasteiger partial charge in [-0.3, -0.25) is 0 Å². The Balaban J connectivity index is 1.94. The monoisotopic (exact) mass is 453 g/mol. The number of methoxy groups -OCH3 is 3. The molecule has 3 rings (SSSR count). The van der Waals surface area contributed by atoms with Gasteiger partial charge in [-0.1, -0.05) is 6.08 Å². The maximum absolute atomic E-state index is 5.54. The van der Waals surface area contributed by atoms with Gasteiger partial charge >= 0.3 is 0 Å². The molecule has 8 heteroatoms. The molecule has 3 aromatic rings. The molecule has 0 saturated heterocycles. The molecule has 0 aliphatic rings. The minimum absolute atomic E-state index is 0.533. The lowest BCUT2D eigenvalue weighted by Crippen LogP contribution is -2.14. The second-order valence-corrected chi connectivity index (χ2v) is 7.40. The van der Waals surface area contributed by atoms with Crippen molar-refractivity contribution < 1.29 is 18.9 Å². The van der Waals surface area contributed by atoms with Gasteiger partial charge < -0.3 is 23.5 Å².